The summed E-state index contributed by atoms with van der Waals surface area (Å²) in [7, 11) is 0. The van der Waals surface area contributed by atoms with Crippen LogP contribution in [-0.2, 0) is 11.3 Å². The molecule has 1 aromatic heterocycles. The molecule has 0 saturated heterocycles. The van der Waals surface area contributed by atoms with Gasteiger partial charge in [0.05, 0.1) is 22.9 Å². The summed E-state index contributed by atoms with van der Waals surface area (Å²) in [5, 5.41) is 2.50. The fourth-order valence-electron chi connectivity index (χ4n) is 2.35. The Balaban J connectivity index is 1.90. The van der Waals surface area contributed by atoms with Crippen LogP contribution in [0.3, 0.4) is 0 Å². The molecule has 0 atom stereocenters. The first-order valence-corrected chi connectivity index (χ1v) is 7.05. The number of nitrogens with one attached hydrogen (secondary N) is 1. The summed E-state index contributed by atoms with van der Waals surface area (Å²) in [5.74, 6) is -0.996. The maximum atomic E-state index is 13.7. The zero-order valence-corrected chi connectivity index (χ0v) is 12.4. The third-order valence-electron chi connectivity index (χ3n) is 3.45. The van der Waals surface area contributed by atoms with Crippen molar-refractivity contribution in [2.24, 2.45) is 0 Å². The molecule has 0 radical (unpaired) electrons. The molecule has 1 heterocycles. The molecular weight excluding hydrogens is 297 g/mol. The fraction of sp³-hybridized carbons (Fsp3) is 0.118. The Labute approximate surface area is 131 Å². The van der Waals surface area contributed by atoms with Gasteiger partial charge in [-0.3, -0.25) is 14.2 Å². The second kappa shape index (κ2) is 6.00. The van der Waals surface area contributed by atoms with Crippen molar-refractivity contribution in [2.75, 3.05) is 5.32 Å². The van der Waals surface area contributed by atoms with Crippen molar-refractivity contribution in [3.63, 3.8) is 0 Å². The van der Waals surface area contributed by atoms with E-state index in [9.17, 15) is 14.0 Å². The number of halogens is 1. The predicted octanol–water partition coefficient (Wildman–Crippen LogP) is 2.48. The number of fused-ring (bicyclic) bond motifs is 1. The number of rotatable bonds is 3. The topological polar surface area (TPSA) is 64.0 Å². The first-order chi connectivity index (χ1) is 11.0. The Kier molecular flexibility index (Phi) is 3.89. The summed E-state index contributed by atoms with van der Waals surface area (Å²) in [5.41, 5.74) is 1.71. The minimum Gasteiger partial charge on any atom is -0.322 e. The van der Waals surface area contributed by atoms with Crippen LogP contribution in [0.5, 0.6) is 0 Å². The molecule has 0 unspecified atom stereocenters. The Morgan fingerprint density at radius 2 is 2.04 bits per heavy atom. The zero-order chi connectivity index (χ0) is 16.4. The number of anilines is 1. The van der Waals surface area contributed by atoms with E-state index in [1.807, 2.05) is 0 Å². The second-order valence-electron chi connectivity index (χ2n) is 5.20. The van der Waals surface area contributed by atoms with E-state index in [4.69, 9.17) is 0 Å². The van der Waals surface area contributed by atoms with E-state index >= 15 is 0 Å². The standard InChI is InChI=1S/C17H14FN3O2/c1-11-6-7-12(18)14(8-11)20-16(22)10-21-15-5-3-2-4-13(15)19-9-17(21)23/h2-9H,10H2,1H3,(H,20,22). The SMILES string of the molecule is Cc1ccc(F)c(NC(=O)Cn2c(=O)cnc3ccccc32)c1. The molecule has 0 aliphatic carbocycles. The molecule has 1 N–H and O–H groups in total. The van der Waals surface area contributed by atoms with Gasteiger partial charge in [-0.1, -0.05) is 18.2 Å². The lowest BCUT2D eigenvalue weighted by molar-refractivity contribution is -0.116. The van der Waals surface area contributed by atoms with Crippen LogP contribution >= 0.6 is 0 Å². The van der Waals surface area contributed by atoms with Crippen LogP contribution < -0.4 is 10.9 Å². The van der Waals surface area contributed by atoms with E-state index in [1.54, 1.807) is 43.3 Å². The Hall–Kier alpha value is -3.02. The normalized spacial score (nSPS) is 10.7. The monoisotopic (exact) mass is 311 g/mol. The Morgan fingerprint density at radius 1 is 1.26 bits per heavy atom. The van der Waals surface area contributed by atoms with Gasteiger partial charge in [0, 0.05) is 0 Å². The molecule has 3 aromatic rings. The second-order valence-corrected chi connectivity index (χ2v) is 5.20. The predicted molar refractivity (Wildman–Crippen MR) is 85.8 cm³/mol. The number of aromatic nitrogens is 2. The molecule has 116 valence electrons. The average Bonchev–Trinajstić information content (AvgIpc) is 2.54. The molecule has 0 bridgehead atoms. The highest BCUT2D eigenvalue weighted by atomic mass is 19.1. The summed E-state index contributed by atoms with van der Waals surface area (Å²) >= 11 is 0. The Bertz CT molecular complexity index is 950. The van der Waals surface area contributed by atoms with Gasteiger partial charge in [-0.05, 0) is 36.8 Å². The van der Waals surface area contributed by atoms with E-state index < -0.39 is 11.7 Å². The number of nitrogens with zero attached hydrogens (tertiary/aromatic N) is 2. The van der Waals surface area contributed by atoms with Gasteiger partial charge in [0.15, 0.2) is 0 Å². The first kappa shape index (κ1) is 14.9. The quantitative estimate of drug-likeness (QED) is 0.808. The first-order valence-electron chi connectivity index (χ1n) is 7.05. The molecule has 2 aromatic carbocycles. The lowest BCUT2D eigenvalue weighted by Gasteiger charge is -2.11. The largest absolute Gasteiger partial charge is 0.322 e. The number of carbonyl (C=O) groups excluding carboxylic acids is 1. The lowest BCUT2D eigenvalue weighted by atomic mass is 10.2. The van der Waals surface area contributed by atoms with E-state index in [0.717, 1.165) is 5.56 Å². The lowest BCUT2D eigenvalue weighted by Crippen LogP contribution is -2.28. The smallest absolute Gasteiger partial charge is 0.269 e. The molecule has 6 heteroatoms. The van der Waals surface area contributed by atoms with E-state index in [0.29, 0.717) is 11.0 Å². The summed E-state index contributed by atoms with van der Waals surface area (Å²) in [6.45, 7) is 1.59. The van der Waals surface area contributed by atoms with Crippen molar-refractivity contribution in [3.05, 3.63) is 70.4 Å². The molecule has 0 spiro atoms. The van der Waals surface area contributed by atoms with Crippen LogP contribution in [0.15, 0.2) is 53.5 Å². The van der Waals surface area contributed by atoms with Gasteiger partial charge in [0.2, 0.25) is 5.91 Å². The highest BCUT2D eigenvalue weighted by Gasteiger charge is 2.11. The number of aryl methyl sites for hydroxylation is 1. The van der Waals surface area contributed by atoms with E-state index in [2.05, 4.69) is 10.3 Å². The van der Waals surface area contributed by atoms with Gasteiger partial charge >= 0.3 is 0 Å². The van der Waals surface area contributed by atoms with Gasteiger partial charge in [-0.15, -0.1) is 0 Å². The van der Waals surface area contributed by atoms with Crippen LogP contribution in [0.1, 0.15) is 5.56 Å². The minimum atomic E-state index is -0.518. The molecule has 1 amide bonds. The van der Waals surface area contributed by atoms with Crippen molar-refractivity contribution >= 4 is 22.6 Å². The van der Waals surface area contributed by atoms with Gasteiger partial charge in [-0.2, -0.15) is 0 Å². The van der Waals surface area contributed by atoms with Crippen molar-refractivity contribution in [2.45, 2.75) is 13.5 Å². The van der Waals surface area contributed by atoms with Crippen LogP contribution in [-0.4, -0.2) is 15.5 Å². The summed E-state index contributed by atoms with van der Waals surface area (Å²) in [6, 6.07) is 11.5. The van der Waals surface area contributed by atoms with Crippen molar-refractivity contribution in [3.8, 4) is 0 Å². The molecule has 0 aliphatic rings. The molecule has 5 nitrogen and oxygen atoms in total. The maximum absolute atomic E-state index is 13.7. The van der Waals surface area contributed by atoms with Gasteiger partial charge in [-0.25, -0.2) is 9.37 Å². The third-order valence-corrected chi connectivity index (χ3v) is 3.45. The molecule has 0 fully saturated rings. The number of amides is 1. The molecule has 0 saturated carbocycles. The molecule has 23 heavy (non-hydrogen) atoms. The minimum absolute atomic E-state index is 0.0985. The van der Waals surface area contributed by atoms with Crippen molar-refractivity contribution in [1.82, 2.24) is 9.55 Å². The van der Waals surface area contributed by atoms with E-state index in [1.165, 1.54) is 16.8 Å². The van der Waals surface area contributed by atoms with Crippen LogP contribution in [0.4, 0.5) is 10.1 Å². The van der Waals surface area contributed by atoms with E-state index in [-0.39, 0.29) is 17.8 Å². The highest BCUT2D eigenvalue weighted by Crippen LogP contribution is 2.16. The van der Waals surface area contributed by atoms with Gasteiger partial charge in [0.1, 0.15) is 12.4 Å². The number of hydrogen-bond acceptors (Lipinski definition) is 3. The third kappa shape index (κ3) is 3.11. The molecular formula is C17H14FN3O2. The van der Waals surface area contributed by atoms with Gasteiger partial charge < -0.3 is 5.32 Å². The summed E-state index contributed by atoms with van der Waals surface area (Å²) in [6.07, 6.45) is 1.17. The van der Waals surface area contributed by atoms with Gasteiger partial charge in [0.25, 0.3) is 5.56 Å². The zero-order valence-electron chi connectivity index (χ0n) is 12.4. The Morgan fingerprint density at radius 3 is 2.87 bits per heavy atom. The summed E-state index contributed by atoms with van der Waals surface area (Å²) in [4.78, 5) is 28.2. The van der Waals surface area contributed by atoms with Crippen molar-refractivity contribution in [1.29, 1.82) is 0 Å². The molecule has 3 rings (SSSR count). The number of benzene rings is 2. The van der Waals surface area contributed by atoms with Crippen LogP contribution in [0.25, 0.3) is 11.0 Å². The number of hydrogen-bond donors (Lipinski definition) is 1. The highest BCUT2D eigenvalue weighted by molar-refractivity contribution is 5.91. The fourth-order valence-corrected chi connectivity index (χ4v) is 2.35. The number of carbonyl (C=O) groups is 1. The summed E-state index contributed by atoms with van der Waals surface area (Å²) < 4.78 is 15.0. The van der Waals surface area contributed by atoms with Crippen LogP contribution in [0.2, 0.25) is 0 Å². The maximum Gasteiger partial charge on any atom is 0.269 e. The van der Waals surface area contributed by atoms with Crippen LogP contribution in [0, 0.1) is 12.7 Å². The molecule has 0 aliphatic heterocycles. The number of para-hydroxylation sites is 2. The average molecular weight is 311 g/mol. The van der Waals surface area contributed by atoms with Crippen molar-refractivity contribution < 1.29 is 9.18 Å².